The zero-order valence-corrected chi connectivity index (χ0v) is 13.9. The lowest BCUT2D eigenvalue weighted by atomic mass is 9.49. The summed E-state index contributed by atoms with van der Waals surface area (Å²) in [5, 5.41) is 0. The molecule has 6 rings (SSSR count). The molecule has 0 aromatic carbocycles. The molecule has 6 aliphatic rings. The Kier molecular flexibility index (Phi) is 3.14. The second kappa shape index (κ2) is 4.98. The van der Waals surface area contributed by atoms with Crippen LogP contribution in [-0.4, -0.2) is 23.9 Å². The van der Waals surface area contributed by atoms with Crippen LogP contribution in [-0.2, 0) is 4.79 Å². The van der Waals surface area contributed by atoms with Crippen molar-refractivity contribution in [2.45, 2.75) is 70.6 Å². The summed E-state index contributed by atoms with van der Waals surface area (Å²) in [7, 11) is 0. The highest BCUT2D eigenvalue weighted by molar-refractivity contribution is 5.77. The van der Waals surface area contributed by atoms with Gasteiger partial charge in [0.15, 0.2) is 0 Å². The molecule has 2 nitrogen and oxygen atoms in total. The molecule has 0 aromatic rings. The second-order valence-corrected chi connectivity index (χ2v) is 9.70. The van der Waals surface area contributed by atoms with E-state index in [4.69, 9.17) is 0 Å². The number of fused-ring (bicyclic) bond motifs is 1. The Labute approximate surface area is 135 Å². The van der Waals surface area contributed by atoms with Crippen molar-refractivity contribution >= 4 is 5.91 Å². The predicted molar refractivity (Wildman–Crippen MR) is 87.3 cm³/mol. The summed E-state index contributed by atoms with van der Waals surface area (Å²) in [5.74, 6) is 5.13. The van der Waals surface area contributed by atoms with Crippen LogP contribution < -0.4 is 0 Å². The lowest BCUT2D eigenvalue weighted by Gasteiger charge is -2.56. The molecular formula is C20H31NO. The summed E-state index contributed by atoms with van der Waals surface area (Å²) in [6.07, 6.45) is 15.1. The highest BCUT2D eigenvalue weighted by Crippen LogP contribution is 2.61. The topological polar surface area (TPSA) is 20.3 Å². The molecule has 1 aliphatic heterocycles. The number of rotatable bonds is 2. The molecule has 1 amide bonds. The van der Waals surface area contributed by atoms with Gasteiger partial charge in [0.2, 0.25) is 5.91 Å². The minimum absolute atomic E-state index is 0.430. The average Bonchev–Trinajstić information content (AvgIpc) is 2.89. The van der Waals surface area contributed by atoms with Crippen LogP contribution in [0.1, 0.15) is 70.6 Å². The van der Waals surface area contributed by atoms with E-state index in [1.165, 1.54) is 64.2 Å². The fraction of sp³-hybridized carbons (Fsp3) is 0.950. The number of hydrogen-bond donors (Lipinski definition) is 0. The van der Waals surface area contributed by atoms with E-state index in [-0.39, 0.29) is 0 Å². The van der Waals surface area contributed by atoms with Crippen molar-refractivity contribution in [3.8, 4) is 0 Å². The lowest BCUT2D eigenvalue weighted by Crippen LogP contribution is -2.48. The molecule has 2 atom stereocenters. The van der Waals surface area contributed by atoms with E-state index in [9.17, 15) is 4.79 Å². The van der Waals surface area contributed by atoms with Crippen molar-refractivity contribution in [3.05, 3.63) is 0 Å². The smallest absolute Gasteiger partial charge is 0.223 e. The lowest BCUT2D eigenvalue weighted by molar-refractivity contribution is -0.138. The first-order chi connectivity index (χ1) is 10.7. The minimum atomic E-state index is 0.430. The fourth-order valence-corrected chi connectivity index (χ4v) is 7.55. The van der Waals surface area contributed by atoms with Gasteiger partial charge in [-0.1, -0.05) is 12.8 Å². The van der Waals surface area contributed by atoms with Gasteiger partial charge < -0.3 is 4.90 Å². The Hall–Kier alpha value is -0.530. The second-order valence-electron chi connectivity index (χ2n) is 9.70. The van der Waals surface area contributed by atoms with Gasteiger partial charge in [0, 0.05) is 19.5 Å². The molecule has 5 saturated carbocycles. The first-order valence-corrected chi connectivity index (χ1v) is 9.97. The minimum Gasteiger partial charge on any atom is -0.342 e. The Morgan fingerprint density at radius 2 is 1.36 bits per heavy atom. The largest absolute Gasteiger partial charge is 0.342 e. The SMILES string of the molecule is O=C(CC12CC3CC(CC(C3)C1)C2)N1CC2CCCCC2C1. The molecule has 0 N–H and O–H groups in total. The van der Waals surface area contributed by atoms with E-state index >= 15 is 0 Å². The molecule has 22 heavy (non-hydrogen) atoms. The van der Waals surface area contributed by atoms with Crippen LogP contribution in [0.15, 0.2) is 0 Å². The van der Waals surface area contributed by atoms with Gasteiger partial charge in [-0.05, 0) is 86.4 Å². The fourth-order valence-electron chi connectivity index (χ4n) is 7.55. The van der Waals surface area contributed by atoms with E-state index < -0.39 is 0 Å². The summed E-state index contributed by atoms with van der Waals surface area (Å²) in [6, 6.07) is 0. The van der Waals surface area contributed by atoms with Crippen LogP contribution in [0.2, 0.25) is 0 Å². The third kappa shape index (κ3) is 2.24. The monoisotopic (exact) mass is 301 g/mol. The third-order valence-corrected chi connectivity index (χ3v) is 8.02. The number of likely N-dealkylation sites (tertiary alicyclic amines) is 1. The summed E-state index contributed by atoms with van der Waals surface area (Å²) in [5.41, 5.74) is 0.430. The van der Waals surface area contributed by atoms with Gasteiger partial charge >= 0.3 is 0 Å². The molecule has 1 heterocycles. The molecule has 4 bridgehead atoms. The first-order valence-electron chi connectivity index (χ1n) is 9.97. The van der Waals surface area contributed by atoms with Crippen LogP contribution in [0.25, 0.3) is 0 Å². The van der Waals surface area contributed by atoms with Gasteiger partial charge in [0.1, 0.15) is 0 Å². The van der Waals surface area contributed by atoms with Crippen molar-refractivity contribution in [2.24, 2.45) is 35.0 Å². The molecule has 2 heteroatoms. The van der Waals surface area contributed by atoms with Gasteiger partial charge in [0.25, 0.3) is 0 Å². The van der Waals surface area contributed by atoms with Gasteiger partial charge in [0.05, 0.1) is 0 Å². The first kappa shape index (κ1) is 13.9. The Morgan fingerprint density at radius 1 is 0.864 bits per heavy atom. The molecule has 2 unspecified atom stereocenters. The summed E-state index contributed by atoms with van der Waals surface area (Å²) < 4.78 is 0. The van der Waals surface area contributed by atoms with E-state index in [0.29, 0.717) is 11.3 Å². The molecule has 6 fully saturated rings. The number of carbonyl (C=O) groups excluding carboxylic acids is 1. The molecule has 0 aromatic heterocycles. The molecule has 1 saturated heterocycles. The van der Waals surface area contributed by atoms with Crippen LogP contribution in [0, 0.1) is 35.0 Å². The third-order valence-electron chi connectivity index (χ3n) is 8.02. The Bertz CT molecular complexity index is 421. The standard InChI is InChI=1S/C20H31NO/c22-19(21-12-17-3-1-2-4-18(17)13-21)11-20-8-14-5-15(9-20)7-16(6-14)10-20/h14-18H,1-13H2. The maximum atomic E-state index is 13.0. The maximum absolute atomic E-state index is 13.0. The van der Waals surface area contributed by atoms with Gasteiger partial charge in [-0.25, -0.2) is 0 Å². The van der Waals surface area contributed by atoms with Crippen LogP contribution >= 0.6 is 0 Å². The summed E-state index contributed by atoms with van der Waals surface area (Å²) in [4.78, 5) is 15.3. The van der Waals surface area contributed by atoms with Crippen molar-refractivity contribution in [1.29, 1.82) is 0 Å². The highest BCUT2D eigenvalue weighted by Gasteiger charge is 2.52. The molecule has 122 valence electrons. The van der Waals surface area contributed by atoms with E-state index in [0.717, 1.165) is 49.1 Å². The zero-order valence-electron chi connectivity index (χ0n) is 13.9. The molecular weight excluding hydrogens is 270 g/mol. The highest BCUT2D eigenvalue weighted by atomic mass is 16.2. The zero-order chi connectivity index (χ0) is 14.7. The number of hydrogen-bond acceptors (Lipinski definition) is 1. The normalized spacial score (nSPS) is 49.5. The van der Waals surface area contributed by atoms with Gasteiger partial charge in [-0.3, -0.25) is 4.79 Å². The Balaban J connectivity index is 1.27. The number of nitrogens with zero attached hydrogens (tertiary/aromatic N) is 1. The molecule has 0 spiro atoms. The van der Waals surface area contributed by atoms with Crippen molar-refractivity contribution in [3.63, 3.8) is 0 Å². The molecule has 5 aliphatic carbocycles. The van der Waals surface area contributed by atoms with E-state index in [2.05, 4.69) is 4.90 Å². The Morgan fingerprint density at radius 3 is 1.86 bits per heavy atom. The summed E-state index contributed by atoms with van der Waals surface area (Å²) >= 11 is 0. The van der Waals surface area contributed by atoms with E-state index in [1.54, 1.807) is 0 Å². The van der Waals surface area contributed by atoms with Gasteiger partial charge in [-0.15, -0.1) is 0 Å². The predicted octanol–water partition coefficient (Wildman–Crippen LogP) is 4.24. The van der Waals surface area contributed by atoms with Crippen LogP contribution in [0.5, 0.6) is 0 Å². The van der Waals surface area contributed by atoms with E-state index in [1.807, 2.05) is 0 Å². The van der Waals surface area contributed by atoms with Crippen molar-refractivity contribution in [2.75, 3.05) is 13.1 Å². The van der Waals surface area contributed by atoms with Crippen molar-refractivity contribution in [1.82, 2.24) is 4.90 Å². The van der Waals surface area contributed by atoms with Crippen LogP contribution in [0.4, 0.5) is 0 Å². The molecule has 0 radical (unpaired) electrons. The number of carbonyl (C=O) groups is 1. The average molecular weight is 301 g/mol. The number of amides is 1. The quantitative estimate of drug-likeness (QED) is 0.747. The summed E-state index contributed by atoms with van der Waals surface area (Å²) in [6.45, 7) is 2.19. The maximum Gasteiger partial charge on any atom is 0.223 e. The van der Waals surface area contributed by atoms with Crippen LogP contribution in [0.3, 0.4) is 0 Å². The van der Waals surface area contributed by atoms with Crippen molar-refractivity contribution < 1.29 is 4.79 Å². The van der Waals surface area contributed by atoms with Gasteiger partial charge in [-0.2, -0.15) is 0 Å².